The molecule has 7 aromatic rings. The molecule has 2 aliphatic heterocycles. The highest BCUT2D eigenvalue weighted by molar-refractivity contribution is 7.86. The van der Waals surface area contributed by atoms with Crippen molar-refractivity contribution in [3.05, 3.63) is 198 Å². The van der Waals surface area contributed by atoms with Gasteiger partial charge in [0, 0.05) is 52.0 Å². The van der Waals surface area contributed by atoms with Crippen molar-refractivity contribution in [2.24, 2.45) is 0 Å². The van der Waals surface area contributed by atoms with Crippen LogP contribution in [0.15, 0.2) is 185 Å². The van der Waals surface area contributed by atoms with Crippen molar-refractivity contribution in [3.8, 4) is 0 Å². The summed E-state index contributed by atoms with van der Waals surface area (Å²) in [5.41, 5.74) is 7.04. The number of para-hydroxylation sites is 2. The second-order valence-electron chi connectivity index (χ2n) is 17.0. The summed E-state index contributed by atoms with van der Waals surface area (Å²) in [6, 6.07) is 43.9. The van der Waals surface area contributed by atoms with Gasteiger partial charge >= 0.3 is 5.97 Å². The molecule has 0 bridgehead atoms. The summed E-state index contributed by atoms with van der Waals surface area (Å²) in [7, 11) is -9.65. The molecule has 0 aromatic heterocycles. The number of anilines is 2. The lowest BCUT2D eigenvalue weighted by atomic mass is 9.78. The van der Waals surface area contributed by atoms with Crippen LogP contribution in [-0.4, -0.2) is 42.7 Å². The molecule has 320 valence electrons. The quantitative estimate of drug-likeness (QED) is 0.0730. The highest BCUT2D eigenvalue weighted by Gasteiger charge is 2.48. The summed E-state index contributed by atoms with van der Waals surface area (Å²) in [5, 5.41) is 12.4. The smallest absolute Gasteiger partial charge is 0.335 e. The molecule has 12 heteroatoms. The van der Waals surface area contributed by atoms with Gasteiger partial charge in [-0.2, -0.15) is 21.4 Å². The van der Waals surface area contributed by atoms with Crippen LogP contribution < -0.4 is 9.48 Å². The van der Waals surface area contributed by atoms with Crippen LogP contribution in [0.1, 0.15) is 54.7 Å². The van der Waals surface area contributed by atoms with E-state index in [0.29, 0.717) is 28.0 Å². The fraction of sp³-hybridized carbons (Fsp3) is 0.115. The van der Waals surface area contributed by atoms with Gasteiger partial charge < -0.3 is 10.0 Å². The van der Waals surface area contributed by atoms with E-state index in [1.54, 1.807) is 24.3 Å². The third kappa shape index (κ3) is 7.14. The van der Waals surface area contributed by atoms with Gasteiger partial charge in [0.15, 0.2) is 5.71 Å². The van der Waals surface area contributed by atoms with Gasteiger partial charge in [0.05, 0.1) is 21.6 Å². The summed E-state index contributed by atoms with van der Waals surface area (Å²) in [4.78, 5) is 13.2. The second kappa shape index (κ2) is 15.4. The predicted octanol–water partition coefficient (Wildman–Crippen LogP) is 11.4. The SMILES string of the molecule is CC1(C)C(/C=C/C(=C/C=C2/N(c3ccccc3)c3ccc4ccccc4c3C2(C)C)c2ccc(C(=O)O)cc2)=[N+](c2ccccc2)c2cc(S(=O)(=O)O)c3cc(S(=O)(=O)O)ccc3c21. The van der Waals surface area contributed by atoms with Crippen molar-refractivity contribution in [2.45, 2.75) is 48.3 Å². The predicted molar refractivity (Wildman–Crippen MR) is 254 cm³/mol. The third-order valence-corrected chi connectivity index (χ3v) is 14.1. The minimum atomic E-state index is -4.92. The van der Waals surface area contributed by atoms with Crippen LogP contribution in [0.5, 0.6) is 0 Å². The number of allylic oxidation sites excluding steroid dienone is 6. The summed E-state index contributed by atoms with van der Waals surface area (Å²) in [6.07, 6.45) is 8.04. The first-order valence-corrected chi connectivity index (χ1v) is 23.4. The Morgan fingerprint density at radius 3 is 1.94 bits per heavy atom. The van der Waals surface area contributed by atoms with Crippen LogP contribution in [-0.2, 0) is 31.1 Å². The van der Waals surface area contributed by atoms with Crippen LogP contribution in [0.3, 0.4) is 0 Å². The van der Waals surface area contributed by atoms with E-state index < -0.39 is 46.8 Å². The molecule has 0 atom stereocenters. The molecule has 0 fully saturated rings. The third-order valence-electron chi connectivity index (χ3n) is 12.4. The highest BCUT2D eigenvalue weighted by Crippen LogP contribution is 2.54. The topological polar surface area (TPSA) is 152 Å². The lowest BCUT2D eigenvalue weighted by Crippen LogP contribution is -2.28. The second-order valence-corrected chi connectivity index (χ2v) is 19.8. The molecule has 64 heavy (non-hydrogen) atoms. The minimum Gasteiger partial charge on any atom is -0.478 e. The molecule has 7 aromatic carbocycles. The fourth-order valence-corrected chi connectivity index (χ4v) is 10.6. The number of nitrogens with zero attached hydrogens (tertiary/aromatic N) is 2. The monoisotopic (exact) mass is 887 g/mol. The van der Waals surface area contributed by atoms with E-state index in [9.17, 15) is 35.8 Å². The molecule has 0 unspecified atom stereocenters. The first kappa shape index (κ1) is 42.3. The highest BCUT2D eigenvalue weighted by atomic mass is 32.2. The Hall–Kier alpha value is -6.96. The van der Waals surface area contributed by atoms with E-state index in [0.717, 1.165) is 45.0 Å². The van der Waals surface area contributed by atoms with Crippen LogP contribution in [0.2, 0.25) is 0 Å². The van der Waals surface area contributed by atoms with E-state index in [1.807, 2.05) is 91.2 Å². The van der Waals surface area contributed by atoms with Crippen molar-refractivity contribution in [1.29, 1.82) is 0 Å². The number of rotatable bonds is 9. The van der Waals surface area contributed by atoms with Gasteiger partial charge in [0.25, 0.3) is 20.2 Å². The van der Waals surface area contributed by atoms with Crippen molar-refractivity contribution in [1.82, 2.24) is 4.58 Å². The summed E-state index contributed by atoms with van der Waals surface area (Å²) >= 11 is 0. The number of aromatic carboxylic acids is 1. The van der Waals surface area contributed by atoms with Crippen molar-refractivity contribution in [3.63, 3.8) is 0 Å². The molecule has 2 heterocycles. The Labute approximate surface area is 371 Å². The van der Waals surface area contributed by atoms with E-state index in [-0.39, 0.29) is 10.9 Å². The summed E-state index contributed by atoms with van der Waals surface area (Å²) in [5.74, 6) is -1.05. The van der Waals surface area contributed by atoms with E-state index in [1.165, 1.54) is 23.8 Å². The zero-order chi connectivity index (χ0) is 45.3. The maximum atomic E-state index is 13.1. The standard InChI is InChI=1S/C52H42N2O8S2/c1-51(2)46(53(37-14-7-5-8-15-37)43-28-23-35-13-11-12-18-40(35)48(43)51)29-24-34(33-19-21-36(22-20-33)50(55)56)25-30-47-52(3,4)49-41-27-26-39(63(57,58)59)31-42(41)45(64(60,61)62)32-44(49)54(47)38-16-9-6-10-17-38/h5-32H,1-4H3,(H2-,55,56,57,58,59,60,61,62)/p+1. The molecular weight excluding hydrogens is 845 g/mol. The molecule has 0 saturated heterocycles. The Balaban J connectivity index is 1.28. The number of hydrogen-bond donors (Lipinski definition) is 3. The normalized spacial score (nSPS) is 16.6. The van der Waals surface area contributed by atoms with E-state index in [4.69, 9.17) is 0 Å². The van der Waals surface area contributed by atoms with Crippen LogP contribution in [0.4, 0.5) is 22.7 Å². The summed E-state index contributed by atoms with van der Waals surface area (Å²) < 4.78 is 73.1. The zero-order valence-corrected chi connectivity index (χ0v) is 36.9. The van der Waals surface area contributed by atoms with Gasteiger partial charge in [-0.3, -0.25) is 9.11 Å². The number of carbonyl (C=O) groups is 1. The molecule has 2 aliphatic rings. The van der Waals surface area contributed by atoms with E-state index in [2.05, 4.69) is 67.3 Å². The average molecular weight is 888 g/mol. The van der Waals surface area contributed by atoms with Crippen LogP contribution in [0.25, 0.3) is 27.1 Å². The average Bonchev–Trinajstić information content (AvgIpc) is 3.64. The van der Waals surface area contributed by atoms with Gasteiger partial charge in [-0.25, -0.2) is 4.79 Å². The molecule has 0 aliphatic carbocycles. The van der Waals surface area contributed by atoms with Gasteiger partial charge in [-0.1, -0.05) is 105 Å². The number of benzene rings is 7. The molecule has 0 radical (unpaired) electrons. The maximum Gasteiger partial charge on any atom is 0.335 e. The van der Waals surface area contributed by atoms with Crippen molar-refractivity contribution >= 4 is 81.8 Å². The number of fused-ring (bicyclic) bond motifs is 6. The van der Waals surface area contributed by atoms with Gasteiger partial charge in [-0.05, 0) is 101 Å². The fourth-order valence-electron chi connectivity index (χ4n) is 9.41. The Bertz CT molecular complexity index is 3450. The largest absolute Gasteiger partial charge is 0.478 e. The van der Waals surface area contributed by atoms with Gasteiger partial charge in [-0.15, -0.1) is 0 Å². The molecule has 0 saturated carbocycles. The number of carboxylic acids is 1. The molecule has 10 nitrogen and oxygen atoms in total. The van der Waals surface area contributed by atoms with Crippen molar-refractivity contribution < 1.29 is 35.8 Å². The first-order valence-electron chi connectivity index (χ1n) is 20.5. The van der Waals surface area contributed by atoms with E-state index >= 15 is 0 Å². The molecule has 0 spiro atoms. The lowest BCUT2D eigenvalue weighted by molar-refractivity contribution is 0.0696. The maximum absolute atomic E-state index is 13.1. The Kier molecular flexibility index (Phi) is 10.2. The molecule has 3 N–H and O–H groups in total. The summed E-state index contributed by atoms with van der Waals surface area (Å²) in [6.45, 7) is 8.39. The Morgan fingerprint density at radius 2 is 1.28 bits per heavy atom. The number of carboxylic acid groups (broad SMARTS) is 1. The first-order chi connectivity index (χ1) is 30.4. The molecule has 9 rings (SSSR count). The number of hydrogen-bond acceptors (Lipinski definition) is 6. The van der Waals surface area contributed by atoms with Gasteiger partial charge in [0.1, 0.15) is 4.90 Å². The van der Waals surface area contributed by atoms with Crippen LogP contribution >= 0.6 is 0 Å². The molecule has 0 amide bonds. The lowest BCUT2D eigenvalue weighted by Gasteiger charge is -2.27. The zero-order valence-electron chi connectivity index (χ0n) is 35.3. The Morgan fingerprint density at radius 1 is 0.641 bits per heavy atom. The van der Waals surface area contributed by atoms with Crippen LogP contribution in [0, 0.1) is 0 Å². The van der Waals surface area contributed by atoms with Crippen molar-refractivity contribution in [2.75, 3.05) is 4.90 Å². The van der Waals surface area contributed by atoms with Gasteiger partial charge in [0.2, 0.25) is 11.4 Å². The molecular formula is C52H43N2O8S2+. The minimum absolute atomic E-state index is 0.0654.